The molecule has 0 bridgehead atoms. The Bertz CT molecular complexity index is 1420. The van der Waals surface area contributed by atoms with Gasteiger partial charge in [-0.2, -0.15) is 18.3 Å². The average Bonchev–Trinajstić information content (AvgIpc) is 3.20. The van der Waals surface area contributed by atoms with Crippen LogP contribution in [0.2, 0.25) is 0 Å². The molecule has 1 fully saturated rings. The molecule has 3 heterocycles. The smallest absolute Gasteiger partial charge is 0.382 e. The SMILES string of the molecule is Cn1ncc2c3cc(C(=O)N4CCOC[C@@H]4c4ccc(C(F)(F)F)cc4)c(F)cc3nc(N)c21. The minimum Gasteiger partial charge on any atom is -0.382 e. The number of benzene rings is 2. The summed E-state index contributed by atoms with van der Waals surface area (Å²) in [5.74, 6) is -1.18. The molecule has 7 nitrogen and oxygen atoms in total. The molecular weight excluding hydrogens is 454 g/mol. The van der Waals surface area contributed by atoms with E-state index >= 15 is 4.39 Å². The van der Waals surface area contributed by atoms with Crippen molar-refractivity contribution in [2.24, 2.45) is 7.05 Å². The van der Waals surface area contributed by atoms with E-state index in [2.05, 4.69) is 10.1 Å². The zero-order valence-corrected chi connectivity index (χ0v) is 17.9. The molecule has 1 atom stereocenters. The summed E-state index contributed by atoms with van der Waals surface area (Å²) in [6.07, 6.45) is -2.90. The lowest BCUT2D eigenvalue weighted by atomic mass is 10.0. The van der Waals surface area contributed by atoms with Crippen LogP contribution in [0.1, 0.15) is 27.5 Å². The van der Waals surface area contributed by atoms with Crippen molar-refractivity contribution in [3.8, 4) is 0 Å². The molecule has 0 unspecified atom stereocenters. The first kappa shape index (κ1) is 22.1. The molecule has 0 aliphatic carbocycles. The highest BCUT2D eigenvalue weighted by atomic mass is 19.4. The van der Waals surface area contributed by atoms with Crippen molar-refractivity contribution < 1.29 is 27.1 Å². The maximum Gasteiger partial charge on any atom is 0.416 e. The third kappa shape index (κ3) is 3.61. The monoisotopic (exact) mass is 473 g/mol. The summed E-state index contributed by atoms with van der Waals surface area (Å²) in [4.78, 5) is 19.1. The Balaban J connectivity index is 1.55. The number of nitrogens with zero attached hydrogens (tertiary/aromatic N) is 4. The second-order valence-corrected chi connectivity index (χ2v) is 8.09. The highest BCUT2D eigenvalue weighted by Gasteiger charge is 2.33. The van der Waals surface area contributed by atoms with E-state index in [1.54, 1.807) is 17.9 Å². The van der Waals surface area contributed by atoms with E-state index in [4.69, 9.17) is 10.5 Å². The first-order chi connectivity index (χ1) is 16.1. The van der Waals surface area contributed by atoms with Crippen LogP contribution in [-0.2, 0) is 18.0 Å². The van der Waals surface area contributed by atoms with Crippen LogP contribution in [0.15, 0.2) is 42.6 Å². The molecule has 1 saturated heterocycles. The number of rotatable bonds is 2. The molecule has 4 aromatic rings. The van der Waals surface area contributed by atoms with Crippen molar-refractivity contribution >= 4 is 33.5 Å². The van der Waals surface area contributed by atoms with E-state index in [1.807, 2.05) is 0 Å². The zero-order chi connectivity index (χ0) is 24.2. The number of hydrogen-bond donors (Lipinski definition) is 1. The number of carbonyl (C=O) groups is 1. The predicted molar refractivity (Wildman–Crippen MR) is 116 cm³/mol. The Hall–Kier alpha value is -3.73. The fourth-order valence-corrected chi connectivity index (χ4v) is 4.33. The summed E-state index contributed by atoms with van der Waals surface area (Å²) in [5.41, 5.74) is 6.34. The van der Waals surface area contributed by atoms with Crippen molar-refractivity contribution in [1.82, 2.24) is 19.7 Å². The van der Waals surface area contributed by atoms with Crippen molar-refractivity contribution in [2.45, 2.75) is 12.2 Å². The molecule has 0 spiro atoms. The molecule has 1 amide bonds. The molecule has 1 aliphatic heterocycles. The number of nitrogen functional groups attached to an aromatic ring is 1. The summed E-state index contributed by atoms with van der Waals surface area (Å²) >= 11 is 0. The van der Waals surface area contributed by atoms with Crippen LogP contribution in [-0.4, -0.2) is 45.3 Å². The van der Waals surface area contributed by atoms with Crippen molar-refractivity contribution in [3.05, 3.63) is 65.1 Å². The van der Waals surface area contributed by atoms with Gasteiger partial charge in [0, 0.05) is 30.4 Å². The number of hydrogen-bond acceptors (Lipinski definition) is 5. The first-order valence-electron chi connectivity index (χ1n) is 10.4. The van der Waals surface area contributed by atoms with Gasteiger partial charge in [0.15, 0.2) is 0 Å². The minimum atomic E-state index is -4.47. The van der Waals surface area contributed by atoms with E-state index in [-0.39, 0.29) is 36.7 Å². The van der Waals surface area contributed by atoms with Gasteiger partial charge in [0.05, 0.1) is 42.1 Å². The van der Waals surface area contributed by atoms with Crippen LogP contribution in [0.25, 0.3) is 21.8 Å². The van der Waals surface area contributed by atoms with Crippen LogP contribution < -0.4 is 5.73 Å². The van der Waals surface area contributed by atoms with Crippen LogP contribution in [0.4, 0.5) is 23.4 Å². The number of pyridine rings is 1. The Labute approximate surface area is 190 Å². The van der Waals surface area contributed by atoms with Gasteiger partial charge in [-0.1, -0.05) is 12.1 Å². The molecule has 0 radical (unpaired) electrons. The highest BCUT2D eigenvalue weighted by molar-refractivity contribution is 6.10. The van der Waals surface area contributed by atoms with Gasteiger partial charge in [0.2, 0.25) is 0 Å². The Morgan fingerprint density at radius 2 is 1.91 bits per heavy atom. The number of alkyl halides is 3. The van der Waals surface area contributed by atoms with Gasteiger partial charge in [0.25, 0.3) is 5.91 Å². The van der Waals surface area contributed by atoms with E-state index in [0.717, 1.165) is 18.2 Å². The topological polar surface area (TPSA) is 86.3 Å². The molecule has 2 aromatic heterocycles. The van der Waals surface area contributed by atoms with Gasteiger partial charge in [0.1, 0.15) is 17.2 Å². The Morgan fingerprint density at radius 3 is 2.62 bits per heavy atom. The van der Waals surface area contributed by atoms with E-state index in [9.17, 15) is 18.0 Å². The highest BCUT2D eigenvalue weighted by Crippen LogP contribution is 2.34. The number of amides is 1. The number of aromatic nitrogens is 3. The lowest BCUT2D eigenvalue weighted by molar-refractivity contribution is -0.137. The average molecular weight is 473 g/mol. The summed E-state index contributed by atoms with van der Waals surface area (Å²) in [6.45, 7) is 0.463. The number of anilines is 1. The largest absolute Gasteiger partial charge is 0.416 e. The molecule has 5 rings (SSSR count). The molecule has 2 N–H and O–H groups in total. The fourth-order valence-electron chi connectivity index (χ4n) is 4.33. The van der Waals surface area contributed by atoms with Crippen LogP contribution >= 0.6 is 0 Å². The van der Waals surface area contributed by atoms with Gasteiger partial charge in [-0.3, -0.25) is 9.48 Å². The van der Waals surface area contributed by atoms with Crippen LogP contribution in [0, 0.1) is 5.82 Å². The number of halogens is 4. The number of carbonyl (C=O) groups excluding carboxylic acids is 1. The summed E-state index contributed by atoms with van der Waals surface area (Å²) in [6, 6.07) is 6.44. The molecule has 0 saturated carbocycles. The van der Waals surface area contributed by atoms with Gasteiger partial charge >= 0.3 is 6.18 Å². The first-order valence-corrected chi connectivity index (χ1v) is 10.4. The van der Waals surface area contributed by atoms with Gasteiger partial charge < -0.3 is 15.4 Å². The van der Waals surface area contributed by atoms with E-state index in [1.165, 1.54) is 23.1 Å². The van der Waals surface area contributed by atoms with Gasteiger partial charge in [-0.05, 0) is 23.8 Å². The van der Waals surface area contributed by atoms with E-state index in [0.29, 0.717) is 21.9 Å². The van der Waals surface area contributed by atoms with E-state index < -0.39 is 29.5 Å². The van der Waals surface area contributed by atoms with Crippen LogP contribution in [0.5, 0.6) is 0 Å². The molecule has 11 heteroatoms. The number of aryl methyl sites for hydroxylation is 1. The van der Waals surface area contributed by atoms with Crippen molar-refractivity contribution in [3.63, 3.8) is 0 Å². The normalized spacial score (nSPS) is 17.0. The molecule has 1 aliphatic rings. The molecule has 34 heavy (non-hydrogen) atoms. The van der Waals surface area contributed by atoms with Gasteiger partial charge in [-0.25, -0.2) is 9.37 Å². The minimum absolute atomic E-state index is 0.0806. The Morgan fingerprint density at radius 1 is 1.18 bits per heavy atom. The third-order valence-electron chi connectivity index (χ3n) is 6.04. The molecule has 176 valence electrons. The third-order valence-corrected chi connectivity index (χ3v) is 6.04. The summed E-state index contributed by atoms with van der Waals surface area (Å²) in [5, 5.41) is 5.32. The van der Waals surface area contributed by atoms with Crippen molar-refractivity contribution in [2.75, 3.05) is 25.5 Å². The number of ether oxygens (including phenoxy) is 1. The van der Waals surface area contributed by atoms with Gasteiger partial charge in [-0.15, -0.1) is 0 Å². The quantitative estimate of drug-likeness (QED) is 0.444. The maximum atomic E-state index is 15.1. The number of nitrogens with two attached hydrogens (primary N) is 1. The summed E-state index contributed by atoms with van der Waals surface area (Å²) in [7, 11) is 1.70. The maximum absolute atomic E-state index is 15.1. The summed E-state index contributed by atoms with van der Waals surface area (Å²) < 4.78 is 60.9. The standard InChI is InChI=1S/C23H19F4N5O2/c1-31-20-16(10-29-31)14-8-15(17(24)9-18(14)30-21(20)28)22(33)32-6-7-34-11-19(32)12-2-4-13(5-3-12)23(25,26)27/h2-5,8-10,19H,6-7,11H2,1H3,(H2,28,30)/t19-/m1/s1. The van der Waals surface area contributed by atoms with Crippen LogP contribution in [0.3, 0.4) is 0 Å². The Kier molecular flexibility index (Phi) is 5.16. The number of fused-ring (bicyclic) bond motifs is 3. The lowest BCUT2D eigenvalue weighted by Gasteiger charge is -2.36. The molecule has 2 aromatic carbocycles. The van der Waals surface area contributed by atoms with Crippen molar-refractivity contribution in [1.29, 1.82) is 0 Å². The zero-order valence-electron chi connectivity index (χ0n) is 17.9. The number of morpholine rings is 1. The predicted octanol–water partition coefficient (Wildman–Crippen LogP) is 4.08. The molecular formula is C23H19F4N5O2. The lowest BCUT2D eigenvalue weighted by Crippen LogP contribution is -2.43. The fraction of sp³-hybridized carbons (Fsp3) is 0.261. The second kappa shape index (κ2) is 7.94. The second-order valence-electron chi connectivity index (χ2n) is 8.09.